The fourth-order valence-electron chi connectivity index (χ4n) is 5.59. The molecule has 4 aliphatic rings. The van der Waals surface area contributed by atoms with Crippen LogP contribution in [-0.2, 0) is 14.8 Å². The summed E-state index contributed by atoms with van der Waals surface area (Å²) in [6, 6.07) is 6.81. The first-order valence-electron chi connectivity index (χ1n) is 11.2. The highest BCUT2D eigenvalue weighted by Crippen LogP contribution is 2.51. The standard InChI is InChI=1S/C25H31NO3S/c1-3-25(15-14-19-6-4-5-7-19)21-11-10-20(23(27)17-21)16-24(25)26-30(28,29)22-12-8-18(2)9-13-22/h1,8-9,12-13,16,19-21,26H,4-7,10-11,14-15,17H2,2H3/t20-,21-,25+/m1/s1. The van der Waals surface area contributed by atoms with Crippen LogP contribution in [0.15, 0.2) is 40.9 Å². The lowest BCUT2D eigenvalue weighted by Crippen LogP contribution is -2.40. The van der Waals surface area contributed by atoms with Gasteiger partial charge in [-0.25, -0.2) is 8.42 Å². The van der Waals surface area contributed by atoms with E-state index >= 15 is 0 Å². The van der Waals surface area contributed by atoms with Crippen molar-refractivity contribution in [3.8, 4) is 12.3 Å². The van der Waals surface area contributed by atoms with Crippen molar-refractivity contribution in [1.82, 2.24) is 4.72 Å². The van der Waals surface area contributed by atoms with Gasteiger partial charge in [0, 0.05) is 18.0 Å². The molecule has 2 saturated carbocycles. The number of fused-ring (bicyclic) bond motifs is 3. The van der Waals surface area contributed by atoms with Gasteiger partial charge < -0.3 is 0 Å². The Morgan fingerprint density at radius 3 is 2.47 bits per heavy atom. The monoisotopic (exact) mass is 425 g/mol. The smallest absolute Gasteiger partial charge is 0.261 e. The third-order valence-corrected chi connectivity index (χ3v) is 8.87. The zero-order chi connectivity index (χ0) is 21.4. The van der Waals surface area contributed by atoms with Crippen molar-refractivity contribution in [3.05, 3.63) is 41.6 Å². The quantitative estimate of drug-likeness (QED) is 0.669. The Morgan fingerprint density at radius 1 is 1.13 bits per heavy atom. The van der Waals surface area contributed by atoms with Crippen LogP contribution in [0, 0.1) is 42.4 Å². The van der Waals surface area contributed by atoms with Crippen molar-refractivity contribution in [2.24, 2.45) is 23.2 Å². The van der Waals surface area contributed by atoms with E-state index < -0.39 is 15.4 Å². The first-order valence-corrected chi connectivity index (χ1v) is 12.6. The number of carbonyl (C=O) groups excluding carboxylic acids is 1. The van der Waals surface area contributed by atoms with E-state index in [1.807, 2.05) is 13.0 Å². The fourth-order valence-corrected chi connectivity index (χ4v) is 6.74. The molecule has 160 valence electrons. The van der Waals surface area contributed by atoms with Gasteiger partial charge in [0.15, 0.2) is 0 Å². The van der Waals surface area contributed by atoms with E-state index in [4.69, 9.17) is 6.42 Å². The second-order valence-corrected chi connectivity index (χ2v) is 11.0. The summed E-state index contributed by atoms with van der Waals surface area (Å²) in [7, 11) is -3.77. The molecule has 3 atom stereocenters. The van der Waals surface area contributed by atoms with Crippen LogP contribution >= 0.6 is 0 Å². The van der Waals surface area contributed by atoms with E-state index in [-0.39, 0.29) is 22.5 Å². The number of terminal acetylenes is 1. The molecule has 1 aromatic rings. The molecule has 0 radical (unpaired) electrons. The van der Waals surface area contributed by atoms with Crippen molar-refractivity contribution in [2.45, 2.75) is 69.6 Å². The Kier molecular flexibility index (Phi) is 5.81. The van der Waals surface area contributed by atoms with Crippen LogP contribution in [0.5, 0.6) is 0 Å². The Balaban J connectivity index is 1.69. The molecule has 4 aliphatic carbocycles. The van der Waals surface area contributed by atoms with Crippen LogP contribution < -0.4 is 4.72 Å². The molecule has 30 heavy (non-hydrogen) atoms. The number of aryl methyl sites for hydroxylation is 1. The van der Waals surface area contributed by atoms with Gasteiger partial charge in [-0.15, -0.1) is 6.42 Å². The van der Waals surface area contributed by atoms with Crippen molar-refractivity contribution in [2.75, 3.05) is 0 Å². The van der Waals surface area contributed by atoms with Gasteiger partial charge in [0.2, 0.25) is 0 Å². The van der Waals surface area contributed by atoms with Crippen molar-refractivity contribution in [3.63, 3.8) is 0 Å². The van der Waals surface area contributed by atoms with Crippen molar-refractivity contribution < 1.29 is 13.2 Å². The molecule has 0 heterocycles. The highest BCUT2D eigenvalue weighted by Gasteiger charge is 2.49. The lowest BCUT2D eigenvalue weighted by atomic mass is 9.66. The molecule has 0 amide bonds. The molecule has 1 aromatic carbocycles. The molecule has 5 heteroatoms. The highest BCUT2D eigenvalue weighted by molar-refractivity contribution is 7.89. The van der Waals surface area contributed by atoms with Crippen LogP contribution in [0.25, 0.3) is 0 Å². The van der Waals surface area contributed by atoms with Gasteiger partial charge in [0.05, 0.1) is 10.3 Å². The summed E-state index contributed by atoms with van der Waals surface area (Å²) in [4.78, 5) is 12.9. The summed E-state index contributed by atoms with van der Waals surface area (Å²) in [5.74, 6) is 3.63. The van der Waals surface area contributed by atoms with Crippen molar-refractivity contribution >= 4 is 15.8 Å². The van der Waals surface area contributed by atoms with Crippen LogP contribution in [0.4, 0.5) is 0 Å². The summed E-state index contributed by atoms with van der Waals surface area (Å²) in [5, 5.41) is 0. The van der Waals surface area contributed by atoms with Gasteiger partial charge in [-0.2, -0.15) is 0 Å². The summed E-state index contributed by atoms with van der Waals surface area (Å²) in [5.41, 5.74) is 0.837. The largest absolute Gasteiger partial charge is 0.299 e. The maximum Gasteiger partial charge on any atom is 0.261 e. The van der Waals surface area contributed by atoms with Crippen LogP contribution in [0.1, 0.15) is 63.4 Å². The topological polar surface area (TPSA) is 63.2 Å². The highest BCUT2D eigenvalue weighted by atomic mass is 32.2. The number of carbonyl (C=O) groups is 1. The minimum Gasteiger partial charge on any atom is -0.299 e. The normalized spacial score (nSPS) is 29.3. The average molecular weight is 426 g/mol. The Hall–Kier alpha value is -2.06. The Morgan fingerprint density at radius 2 is 1.83 bits per heavy atom. The third kappa shape index (κ3) is 3.95. The van der Waals surface area contributed by atoms with Gasteiger partial charge in [0.1, 0.15) is 5.78 Å². The van der Waals surface area contributed by atoms with Gasteiger partial charge in [-0.3, -0.25) is 9.52 Å². The number of ketones is 1. The number of allylic oxidation sites excluding steroid dienone is 2. The molecule has 0 aliphatic heterocycles. The van der Waals surface area contributed by atoms with Crippen LogP contribution in [0.2, 0.25) is 0 Å². The molecule has 4 nitrogen and oxygen atoms in total. The average Bonchev–Trinajstić information content (AvgIpc) is 3.16. The summed E-state index contributed by atoms with van der Waals surface area (Å²) < 4.78 is 29.2. The van der Waals surface area contributed by atoms with E-state index in [9.17, 15) is 13.2 Å². The van der Waals surface area contributed by atoms with Gasteiger partial charge >= 0.3 is 0 Å². The number of hydrogen-bond donors (Lipinski definition) is 1. The number of nitrogens with one attached hydrogen (secondary N) is 1. The molecule has 0 unspecified atom stereocenters. The van der Waals surface area contributed by atoms with E-state index in [0.29, 0.717) is 18.0 Å². The van der Waals surface area contributed by atoms with E-state index in [1.54, 1.807) is 24.3 Å². The molecule has 1 N–H and O–H groups in total. The predicted octanol–water partition coefficient (Wildman–Crippen LogP) is 4.75. The second kappa shape index (κ2) is 8.23. The van der Waals surface area contributed by atoms with E-state index in [1.165, 1.54) is 25.7 Å². The fraction of sp³-hybridized carbons (Fsp3) is 0.560. The SMILES string of the molecule is C#C[C@@]1(CCC2CCCC2)C(NS(=O)(=O)c2ccc(C)cc2)=C[C@H]2CC[C@@H]1CC2=O. The summed E-state index contributed by atoms with van der Waals surface area (Å²) in [6.45, 7) is 1.92. The molecule has 0 spiro atoms. The minimum atomic E-state index is -3.77. The summed E-state index contributed by atoms with van der Waals surface area (Å²) in [6.07, 6.45) is 16.8. The minimum absolute atomic E-state index is 0.00196. The first-order chi connectivity index (χ1) is 14.3. The van der Waals surface area contributed by atoms with Gasteiger partial charge in [-0.1, -0.05) is 55.4 Å². The van der Waals surface area contributed by atoms with Gasteiger partial charge in [-0.05, 0) is 56.6 Å². The maximum absolute atomic E-state index is 13.2. The molecule has 2 fully saturated rings. The van der Waals surface area contributed by atoms with Crippen LogP contribution in [-0.4, -0.2) is 14.2 Å². The Bertz CT molecular complexity index is 980. The lowest BCUT2D eigenvalue weighted by molar-refractivity contribution is -0.124. The number of hydrogen-bond acceptors (Lipinski definition) is 3. The van der Waals surface area contributed by atoms with Crippen molar-refractivity contribution in [1.29, 1.82) is 0 Å². The number of benzene rings is 1. The van der Waals surface area contributed by atoms with Crippen LogP contribution in [0.3, 0.4) is 0 Å². The predicted molar refractivity (Wildman–Crippen MR) is 118 cm³/mol. The van der Waals surface area contributed by atoms with E-state index in [2.05, 4.69) is 10.6 Å². The lowest BCUT2D eigenvalue weighted by Gasteiger charge is -2.39. The summed E-state index contributed by atoms with van der Waals surface area (Å²) >= 11 is 0. The Labute approximate surface area is 180 Å². The third-order valence-electron chi connectivity index (χ3n) is 7.49. The zero-order valence-corrected chi connectivity index (χ0v) is 18.5. The number of sulfonamides is 1. The molecular formula is C25H31NO3S. The molecule has 0 saturated heterocycles. The zero-order valence-electron chi connectivity index (χ0n) is 17.7. The maximum atomic E-state index is 13.2. The van der Waals surface area contributed by atoms with Gasteiger partial charge in [0.25, 0.3) is 10.0 Å². The molecule has 2 bridgehead atoms. The first kappa shape index (κ1) is 21.2. The number of Topliss-reactive ketones (excluding diaryl/α,β-unsaturated/α-hetero) is 1. The van der Waals surface area contributed by atoms with E-state index in [0.717, 1.165) is 31.2 Å². The number of rotatable bonds is 6. The second-order valence-electron chi connectivity index (χ2n) is 9.35. The molecule has 5 rings (SSSR count). The molecule has 0 aromatic heterocycles. The molecular weight excluding hydrogens is 394 g/mol.